The minimum absolute atomic E-state index is 0.302. The number of fused-ring (bicyclic) bond motifs is 1. The van der Waals surface area contributed by atoms with Gasteiger partial charge in [0, 0.05) is 22.9 Å². The first-order valence-corrected chi connectivity index (χ1v) is 7.87. The molecular weight excluding hydrogens is 292 g/mol. The van der Waals surface area contributed by atoms with Crippen molar-refractivity contribution in [2.24, 2.45) is 5.92 Å². The Labute approximate surface area is 117 Å². The maximum Gasteiger partial charge on any atom is 0.123 e. The molecule has 0 radical (unpaired) electrons. The zero-order chi connectivity index (χ0) is 12.7. The lowest BCUT2D eigenvalue weighted by atomic mass is 10.0. The SMILES string of the molecule is CCOc1cc2c(cc1C1CC1CBr)OC(C)C2. The number of benzene rings is 1. The lowest BCUT2D eigenvalue weighted by Crippen LogP contribution is -2.05. The molecule has 98 valence electrons. The van der Waals surface area contributed by atoms with Crippen LogP contribution >= 0.6 is 15.9 Å². The monoisotopic (exact) mass is 310 g/mol. The van der Waals surface area contributed by atoms with Crippen LogP contribution in [0.25, 0.3) is 0 Å². The van der Waals surface area contributed by atoms with Gasteiger partial charge in [0.2, 0.25) is 0 Å². The van der Waals surface area contributed by atoms with Gasteiger partial charge in [-0.1, -0.05) is 15.9 Å². The molecule has 1 fully saturated rings. The van der Waals surface area contributed by atoms with E-state index in [1.165, 1.54) is 17.5 Å². The van der Waals surface area contributed by atoms with Crippen LogP contribution in [-0.4, -0.2) is 18.0 Å². The molecule has 0 spiro atoms. The quantitative estimate of drug-likeness (QED) is 0.785. The van der Waals surface area contributed by atoms with E-state index < -0.39 is 0 Å². The maximum absolute atomic E-state index is 5.86. The Morgan fingerprint density at radius 3 is 2.94 bits per heavy atom. The largest absolute Gasteiger partial charge is 0.494 e. The standard InChI is InChI=1S/C15H19BrO2/c1-3-17-15-6-10-4-9(2)18-14(10)7-13(15)12-5-11(12)8-16/h6-7,9,11-12H,3-5,8H2,1-2H3. The third kappa shape index (κ3) is 2.13. The highest BCUT2D eigenvalue weighted by Crippen LogP contribution is 2.53. The number of halogens is 1. The lowest BCUT2D eigenvalue weighted by molar-refractivity contribution is 0.254. The fourth-order valence-electron chi connectivity index (χ4n) is 2.82. The molecule has 0 bridgehead atoms. The fraction of sp³-hybridized carbons (Fsp3) is 0.600. The molecule has 0 N–H and O–H groups in total. The van der Waals surface area contributed by atoms with E-state index in [0.29, 0.717) is 12.0 Å². The first-order chi connectivity index (χ1) is 8.72. The maximum atomic E-state index is 5.86. The van der Waals surface area contributed by atoms with E-state index in [2.05, 4.69) is 35.0 Å². The third-order valence-corrected chi connectivity index (χ3v) is 4.68. The molecule has 0 amide bonds. The van der Waals surface area contributed by atoms with Crippen LogP contribution in [0.5, 0.6) is 11.5 Å². The van der Waals surface area contributed by atoms with Crippen molar-refractivity contribution >= 4 is 15.9 Å². The van der Waals surface area contributed by atoms with Gasteiger partial charge >= 0.3 is 0 Å². The molecule has 3 rings (SSSR count). The van der Waals surface area contributed by atoms with Crippen LogP contribution in [-0.2, 0) is 6.42 Å². The van der Waals surface area contributed by atoms with Crippen molar-refractivity contribution in [1.29, 1.82) is 0 Å². The molecule has 3 atom stereocenters. The molecule has 1 aromatic carbocycles. The van der Waals surface area contributed by atoms with Gasteiger partial charge < -0.3 is 9.47 Å². The molecule has 3 heteroatoms. The average Bonchev–Trinajstić information content (AvgIpc) is 3.04. The molecule has 0 saturated heterocycles. The minimum Gasteiger partial charge on any atom is -0.494 e. The number of rotatable bonds is 4. The number of alkyl halides is 1. The average molecular weight is 311 g/mol. The first kappa shape index (κ1) is 12.3. The van der Waals surface area contributed by atoms with Gasteiger partial charge in [-0.15, -0.1) is 0 Å². The summed E-state index contributed by atoms with van der Waals surface area (Å²) in [5.74, 6) is 3.56. The lowest BCUT2D eigenvalue weighted by Gasteiger charge is -2.12. The highest BCUT2D eigenvalue weighted by atomic mass is 79.9. The molecule has 18 heavy (non-hydrogen) atoms. The van der Waals surface area contributed by atoms with Crippen molar-refractivity contribution in [3.8, 4) is 11.5 Å². The summed E-state index contributed by atoms with van der Waals surface area (Å²) in [7, 11) is 0. The van der Waals surface area contributed by atoms with E-state index in [4.69, 9.17) is 9.47 Å². The van der Waals surface area contributed by atoms with Crippen LogP contribution in [0.3, 0.4) is 0 Å². The predicted octanol–water partition coefficient (Wildman–Crippen LogP) is 3.91. The Bertz CT molecular complexity index is 458. The van der Waals surface area contributed by atoms with Gasteiger partial charge in [0.15, 0.2) is 0 Å². The Kier molecular flexibility index (Phi) is 3.27. The van der Waals surface area contributed by atoms with Crippen LogP contribution in [0.2, 0.25) is 0 Å². The second kappa shape index (κ2) is 4.76. The Balaban J connectivity index is 1.94. The zero-order valence-corrected chi connectivity index (χ0v) is 12.5. The van der Waals surface area contributed by atoms with E-state index >= 15 is 0 Å². The van der Waals surface area contributed by atoms with Gasteiger partial charge in [0.25, 0.3) is 0 Å². The summed E-state index contributed by atoms with van der Waals surface area (Å²) < 4.78 is 11.7. The van der Waals surface area contributed by atoms with E-state index in [0.717, 1.165) is 35.8 Å². The van der Waals surface area contributed by atoms with Crippen LogP contribution in [0.15, 0.2) is 12.1 Å². The molecule has 1 aliphatic heterocycles. The molecule has 3 unspecified atom stereocenters. The molecule has 2 aliphatic rings. The Morgan fingerprint density at radius 1 is 1.44 bits per heavy atom. The third-order valence-electron chi connectivity index (χ3n) is 3.85. The second-order valence-corrected chi connectivity index (χ2v) is 5.97. The second-order valence-electron chi connectivity index (χ2n) is 5.32. The summed E-state index contributed by atoms with van der Waals surface area (Å²) in [6, 6.07) is 4.42. The summed E-state index contributed by atoms with van der Waals surface area (Å²) in [5.41, 5.74) is 2.64. The molecule has 1 aliphatic carbocycles. The Hall–Kier alpha value is -0.700. The summed E-state index contributed by atoms with van der Waals surface area (Å²) in [6.45, 7) is 4.90. The number of ether oxygens (including phenoxy) is 2. The minimum atomic E-state index is 0.302. The van der Waals surface area contributed by atoms with Gasteiger partial charge in [-0.3, -0.25) is 0 Å². The van der Waals surface area contributed by atoms with E-state index in [1.807, 2.05) is 6.92 Å². The summed E-state index contributed by atoms with van der Waals surface area (Å²) in [5, 5.41) is 1.08. The van der Waals surface area contributed by atoms with Crippen LogP contribution < -0.4 is 9.47 Å². The van der Waals surface area contributed by atoms with Gasteiger partial charge in [-0.2, -0.15) is 0 Å². The normalized spacial score (nSPS) is 28.7. The van der Waals surface area contributed by atoms with Crippen molar-refractivity contribution in [2.75, 3.05) is 11.9 Å². The first-order valence-electron chi connectivity index (χ1n) is 6.75. The molecule has 0 aromatic heterocycles. The predicted molar refractivity (Wildman–Crippen MR) is 76.0 cm³/mol. The van der Waals surface area contributed by atoms with Crippen molar-refractivity contribution in [1.82, 2.24) is 0 Å². The van der Waals surface area contributed by atoms with Gasteiger partial charge in [-0.05, 0) is 44.2 Å². The van der Waals surface area contributed by atoms with Gasteiger partial charge in [-0.25, -0.2) is 0 Å². The summed E-state index contributed by atoms with van der Waals surface area (Å²) in [6.07, 6.45) is 2.57. The van der Waals surface area contributed by atoms with Crippen molar-refractivity contribution in [2.45, 2.75) is 38.7 Å². The highest BCUT2D eigenvalue weighted by molar-refractivity contribution is 9.09. The van der Waals surface area contributed by atoms with Gasteiger partial charge in [0.05, 0.1) is 6.61 Å². The topological polar surface area (TPSA) is 18.5 Å². The zero-order valence-electron chi connectivity index (χ0n) is 10.9. The number of hydrogen-bond acceptors (Lipinski definition) is 2. The molecule has 1 saturated carbocycles. The van der Waals surface area contributed by atoms with E-state index in [9.17, 15) is 0 Å². The summed E-state index contributed by atoms with van der Waals surface area (Å²) in [4.78, 5) is 0. The van der Waals surface area contributed by atoms with Crippen LogP contribution in [0.4, 0.5) is 0 Å². The smallest absolute Gasteiger partial charge is 0.123 e. The molecule has 1 aromatic rings. The van der Waals surface area contributed by atoms with Crippen molar-refractivity contribution < 1.29 is 9.47 Å². The number of hydrogen-bond donors (Lipinski definition) is 0. The fourth-order valence-corrected chi connectivity index (χ4v) is 3.54. The highest BCUT2D eigenvalue weighted by Gasteiger charge is 2.40. The summed E-state index contributed by atoms with van der Waals surface area (Å²) >= 11 is 3.58. The van der Waals surface area contributed by atoms with E-state index in [1.54, 1.807) is 0 Å². The molecule has 2 nitrogen and oxygen atoms in total. The van der Waals surface area contributed by atoms with E-state index in [-0.39, 0.29) is 0 Å². The van der Waals surface area contributed by atoms with Gasteiger partial charge in [0.1, 0.15) is 17.6 Å². The van der Waals surface area contributed by atoms with Crippen LogP contribution in [0.1, 0.15) is 37.3 Å². The Morgan fingerprint density at radius 2 is 2.28 bits per heavy atom. The molecular formula is C15H19BrO2. The van der Waals surface area contributed by atoms with Crippen molar-refractivity contribution in [3.05, 3.63) is 23.3 Å². The molecule has 1 heterocycles. The van der Waals surface area contributed by atoms with Crippen LogP contribution in [0, 0.1) is 5.92 Å². The van der Waals surface area contributed by atoms with Crippen molar-refractivity contribution in [3.63, 3.8) is 0 Å².